The van der Waals surface area contributed by atoms with Crippen LogP contribution >= 0.6 is 0 Å². The van der Waals surface area contributed by atoms with Gasteiger partial charge in [-0.2, -0.15) is 0 Å². The molecule has 2 aromatic carbocycles. The van der Waals surface area contributed by atoms with E-state index in [0.29, 0.717) is 0 Å². The molecule has 20 heavy (non-hydrogen) atoms. The molecular weight excluding hydrogens is 248 g/mol. The Morgan fingerprint density at radius 2 is 1.95 bits per heavy atom. The number of H-pyrrole nitrogens is 1. The van der Waals surface area contributed by atoms with E-state index in [1.165, 1.54) is 11.5 Å². The van der Waals surface area contributed by atoms with Gasteiger partial charge < -0.3 is 10.3 Å². The third-order valence-electron chi connectivity index (χ3n) is 3.16. The highest BCUT2D eigenvalue weighted by Crippen LogP contribution is 2.25. The highest BCUT2D eigenvalue weighted by atomic mass is 16.1. The molecule has 0 saturated heterocycles. The molecule has 0 aliphatic rings. The Morgan fingerprint density at radius 3 is 2.75 bits per heavy atom. The Balaban J connectivity index is 1.99. The van der Waals surface area contributed by atoms with Crippen molar-refractivity contribution in [3.63, 3.8) is 0 Å². The summed E-state index contributed by atoms with van der Waals surface area (Å²) in [6.45, 7) is 3.45. The van der Waals surface area contributed by atoms with Gasteiger partial charge in [-0.25, -0.2) is 0 Å². The van der Waals surface area contributed by atoms with Crippen LogP contribution in [0, 0.1) is 0 Å². The van der Waals surface area contributed by atoms with E-state index >= 15 is 0 Å². The molecule has 0 radical (unpaired) electrons. The summed E-state index contributed by atoms with van der Waals surface area (Å²) in [7, 11) is 0. The molecule has 0 saturated carbocycles. The van der Waals surface area contributed by atoms with E-state index in [-0.39, 0.29) is 5.91 Å². The number of carbonyl (C=O) groups is 1. The highest BCUT2D eigenvalue weighted by Gasteiger charge is 2.04. The van der Waals surface area contributed by atoms with E-state index in [1.807, 2.05) is 42.5 Å². The number of carbonyl (C=O) groups excluding carboxylic acids is 1. The van der Waals surface area contributed by atoms with Gasteiger partial charge in [0.05, 0.1) is 0 Å². The van der Waals surface area contributed by atoms with E-state index in [0.717, 1.165) is 22.5 Å². The monoisotopic (exact) mass is 262 g/mol. The molecule has 1 heterocycles. The summed E-state index contributed by atoms with van der Waals surface area (Å²) in [4.78, 5) is 14.7. The number of fused-ring (bicyclic) bond motifs is 1. The van der Waals surface area contributed by atoms with Gasteiger partial charge in [-0.3, -0.25) is 4.79 Å². The average molecular weight is 262 g/mol. The van der Waals surface area contributed by atoms with E-state index in [4.69, 9.17) is 0 Å². The molecule has 1 aromatic heterocycles. The summed E-state index contributed by atoms with van der Waals surface area (Å²) in [5.41, 5.74) is 3.91. The molecule has 0 aliphatic carbocycles. The van der Waals surface area contributed by atoms with Crippen LogP contribution in [0.2, 0.25) is 0 Å². The molecule has 0 atom stereocenters. The molecule has 3 nitrogen and oxygen atoms in total. The molecule has 1 amide bonds. The fraction of sp³-hybridized carbons (Fsp3) is 0. The van der Waals surface area contributed by atoms with Crippen LogP contribution in [-0.2, 0) is 4.79 Å². The number of hydrogen-bond donors (Lipinski definition) is 2. The molecule has 98 valence electrons. The SMILES string of the molecule is C=CC(=O)Nc1cccc(-c2cc3ccccc3[nH]2)c1. The topological polar surface area (TPSA) is 44.9 Å². The summed E-state index contributed by atoms with van der Waals surface area (Å²) in [5.74, 6) is -0.209. The minimum absolute atomic E-state index is 0.209. The number of rotatable bonds is 3. The van der Waals surface area contributed by atoms with Crippen molar-refractivity contribution >= 4 is 22.5 Å². The maximum atomic E-state index is 11.3. The van der Waals surface area contributed by atoms with E-state index in [1.54, 1.807) is 0 Å². The van der Waals surface area contributed by atoms with Gasteiger partial charge in [0.1, 0.15) is 0 Å². The van der Waals surface area contributed by atoms with E-state index in [2.05, 4.69) is 29.0 Å². The number of aromatic amines is 1. The number of benzene rings is 2. The second-order valence-corrected chi connectivity index (χ2v) is 4.54. The van der Waals surface area contributed by atoms with Gasteiger partial charge in [-0.15, -0.1) is 0 Å². The normalized spacial score (nSPS) is 10.4. The quantitative estimate of drug-likeness (QED) is 0.689. The number of hydrogen-bond acceptors (Lipinski definition) is 1. The van der Waals surface area contributed by atoms with E-state index in [9.17, 15) is 4.79 Å². The van der Waals surface area contributed by atoms with Crippen molar-refractivity contribution in [3.8, 4) is 11.3 Å². The Kier molecular flexibility index (Phi) is 3.09. The molecule has 3 aromatic rings. The summed E-state index contributed by atoms with van der Waals surface area (Å²) in [5, 5.41) is 3.93. The zero-order valence-corrected chi connectivity index (χ0v) is 10.9. The first-order chi connectivity index (χ1) is 9.76. The van der Waals surface area contributed by atoms with Crippen molar-refractivity contribution in [2.75, 3.05) is 5.32 Å². The van der Waals surface area contributed by atoms with Gasteiger partial charge in [0.2, 0.25) is 5.91 Å². The number of nitrogens with one attached hydrogen (secondary N) is 2. The van der Waals surface area contributed by atoms with Crippen LogP contribution in [0.4, 0.5) is 5.69 Å². The molecule has 0 bridgehead atoms. The Bertz CT molecular complexity index is 753. The number of para-hydroxylation sites is 1. The first-order valence-corrected chi connectivity index (χ1v) is 6.38. The summed E-state index contributed by atoms with van der Waals surface area (Å²) < 4.78 is 0. The summed E-state index contributed by atoms with van der Waals surface area (Å²) >= 11 is 0. The molecule has 0 fully saturated rings. The minimum atomic E-state index is -0.209. The highest BCUT2D eigenvalue weighted by molar-refractivity contribution is 5.99. The molecule has 0 spiro atoms. The van der Waals surface area contributed by atoms with Crippen LogP contribution in [0.5, 0.6) is 0 Å². The van der Waals surface area contributed by atoms with Crippen LogP contribution in [0.1, 0.15) is 0 Å². The van der Waals surface area contributed by atoms with Crippen molar-refractivity contribution in [2.24, 2.45) is 0 Å². The number of aromatic nitrogens is 1. The summed E-state index contributed by atoms with van der Waals surface area (Å²) in [6, 6.07) is 17.9. The third-order valence-corrected chi connectivity index (χ3v) is 3.16. The fourth-order valence-corrected chi connectivity index (χ4v) is 2.19. The zero-order valence-electron chi connectivity index (χ0n) is 10.9. The van der Waals surface area contributed by atoms with Crippen LogP contribution in [0.25, 0.3) is 22.2 Å². The molecule has 2 N–H and O–H groups in total. The van der Waals surface area contributed by atoms with Crippen molar-refractivity contribution in [1.82, 2.24) is 4.98 Å². The third kappa shape index (κ3) is 2.34. The van der Waals surface area contributed by atoms with Gasteiger partial charge in [-0.1, -0.05) is 36.9 Å². The van der Waals surface area contributed by atoms with Gasteiger partial charge in [0, 0.05) is 27.8 Å². The predicted molar refractivity (Wildman–Crippen MR) is 82.6 cm³/mol. The fourth-order valence-electron chi connectivity index (χ4n) is 2.19. The molecule has 0 unspecified atom stereocenters. The Labute approximate surface area is 116 Å². The first kappa shape index (κ1) is 12.2. The van der Waals surface area contributed by atoms with Crippen molar-refractivity contribution in [3.05, 3.63) is 67.3 Å². The number of anilines is 1. The van der Waals surface area contributed by atoms with Crippen LogP contribution < -0.4 is 5.32 Å². The second-order valence-electron chi connectivity index (χ2n) is 4.54. The summed E-state index contributed by atoms with van der Waals surface area (Å²) in [6.07, 6.45) is 1.26. The largest absolute Gasteiger partial charge is 0.355 e. The molecular formula is C17H14N2O. The van der Waals surface area contributed by atoms with Gasteiger partial charge in [0.25, 0.3) is 0 Å². The lowest BCUT2D eigenvalue weighted by Gasteiger charge is -2.04. The van der Waals surface area contributed by atoms with Crippen molar-refractivity contribution in [2.45, 2.75) is 0 Å². The second kappa shape index (κ2) is 5.05. The van der Waals surface area contributed by atoms with E-state index < -0.39 is 0 Å². The Hall–Kier alpha value is -2.81. The molecule has 0 aliphatic heterocycles. The number of amides is 1. The lowest BCUT2D eigenvalue weighted by atomic mass is 10.1. The standard InChI is InChI=1S/C17H14N2O/c1-2-17(20)18-14-8-5-7-12(10-14)16-11-13-6-3-4-9-15(13)19-16/h2-11,19H,1H2,(H,18,20). The lowest BCUT2D eigenvalue weighted by molar-refractivity contribution is -0.111. The maximum absolute atomic E-state index is 11.3. The van der Waals surface area contributed by atoms with Crippen LogP contribution in [0.3, 0.4) is 0 Å². The molecule has 3 heteroatoms. The minimum Gasteiger partial charge on any atom is -0.355 e. The van der Waals surface area contributed by atoms with Gasteiger partial charge >= 0.3 is 0 Å². The zero-order chi connectivity index (χ0) is 13.9. The maximum Gasteiger partial charge on any atom is 0.247 e. The Morgan fingerprint density at radius 1 is 1.10 bits per heavy atom. The predicted octanol–water partition coefficient (Wildman–Crippen LogP) is 3.96. The van der Waals surface area contributed by atoms with Gasteiger partial charge in [0.15, 0.2) is 0 Å². The van der Waals surface area contributed by atoms with Crippen molar-refractivity contribution < 1.29 is 4.79 Å². The average Bonchev–Trinajstić information content (AvgIpc) is 2.91. The van der Waals surface area contributed by atoms with Gasteiger partial charge in [-0.05, 0) is 30.3 Å². The first-order valence-electron chi connectivity index (χ1n) is 6.38. The van der Waals surface area contributed by atoms with Crippen LogP contribution in [-0.4, -0.2) is 10.9 Å². The molecule has 3 rings (SSSR count). The lowest BCUT2D eigenvalue weighted by Crippen LogP contribution is -2.06. The smallest absolute Gasteiger partial charge is 0.247 e. The van der Waals surface area contributed by atoms with Crippen LogP contribution in [0.15, 0.2) is 67.3 Å². The van der Waals surface area contributed by atoms with Crippen molar-refractivity contribution in [1.29, 1.82) is 0 Å².